The minimum atomic E-state index is 0.785. The van der Waals surface area contributed by atoms with Gasteiger partial charge in [-0.15, -0.1) is 16.7 Å². The fourth-order valence-electron chi connectivity index (χ4n) is 2.67. The second kappa shape index (κ2) is 13.1. The van der Waals surface area contributed by atoms with Crippen LogP contribution >= 0.6 is 11.6 Å². The molecule has 0 aliphatic carbocycles. The fraction of sp³-hybridized carbons (Fsp3) is 0.364. The topological polar surface area (TPSA) is 30.7 Å². The summed E-state index contributed by atoms with van der Waals surface area (Å²) in [6.45, 7) is 0.965. The van der Waals surface area contributed by atoms with E-state index in [0.717, 1.165) is 38.1 Å². The van der Waals surface area contributed by atoms with Crippen molar-refractivity contribution in [3.63, 3.8) is 0 Å². The van der Waals surface area contributed by atoms with Crippen LogP contribution in [0.3, 0.4) is 0 Å². The van der Waals surface area contributed by atoms with E-state index in [0.29, 0.717) is 0 Å². The molecule has 4 heteroatoms. The van der Waals surface area contributed by atoms with Gasteiger partial charge in [0.2, 0.25) is 0 Å². The molecule has 3 nitrogen and oxygen atoms in total. The molecule has 26 heavy (non-hydrogen) atoms. The molecule has 1 heterocycles. The molecule has 0 aliphatic rings. The summed E-state index contributed by atoms with van der Waals surface area (Å²) in [5, 5.41) is 7.70. The molecule has 3 aromatic rings. The highest BCUT2D eigenvalue weighted by Gasteiger charge is 1.94. The molecule has 0 saturated heterocycles. The highest BCUT2D eigenvalue weighted by atomic mass is 35.5. The SMILES string of the molecule is ClCCCCc1ccccc1.c1ccc(CCCCn2ccnn2)cc1. The number of aryl methyl sites for hydroxylation is 3. The van der Waals surface area contributed by atoms with Crippen LogP contribution in [-0.4, -0.2) is 20.9 Å². The molecule has 0 fully saturated rings. The molecular weight excluding hydrogens is 342 g/mol. The van der Waals surface area contributed by atoms with E-state index in [1.54, 1.807) is 6.20 Å². The van der Waals surface area contributed by atoms with Gasteiger partial charge in [-0.2, -0.15) is 0 Å². The number of hydrogen-bond donors (Lipinski definition) is 0. The summed E-state index contributed by atoms with van der Waals surface area (Å²) in [7, 11) is 0. The average Bonchev–Trinajstić information content (AvgIpc) is 3.21. The molecule has 0 spiro atoms. The third kappa shape index (κ3) is 8.82. The number of hydrogen-bond acceptors (Lipinski definition) is 2. The lowest BCUT2D eigenvalue weighted by Gasteiger charge is -2.01. The summed E-state index contributed by atoms with van der Waals surface area (Å²) in [5.41, 5.74) is 2.83. The first-order chi connectivity index (χ1) is 12.9. The standard InChI is InChI=1S/C12H15N3.C10H13Cl/c1-2-6-12(7-3-1)8-4-5-10-15-11-9-13-14-15;11-9-5-4-8-10-6-2-1-3-7-10/h1-3,6-7,9,11H,4-5,8,10H2;1-3,6-7H,4-5,8-9H2. The van der Waals surface area contributed by atoms with Gasteiger partial charge in [0, 0.05) is 18.6 Å². The Balaban J connectivity index is 0.000000197. The Morgan fingerprint density at radius 2 is 1.31 bits per heavy atom. The second-order valence-electron chi connectivity index (χ2n) is 6.24. The molecular formula is C22H28ClN3. The van der Waals surface area contributed by atoms with Crippen LogP contribution in [0.25, 0.3) is 0 Å². The van der Waals surface area contributed by atoms with Gasteiger partial charge in [-0.3, -0.25) is 4.68 Å². The van der Waals surface area contributed by atoms with E-state index in [9.17, 15) is 0 Å². The fourth-order valence-corrected chi connectivity index (χ4v) is 2.86. The van der Waals surface area contributed by atoms with Gasteiger partial charge in [-0.1, -0.05) is 65.9 Å². The van der Waals surface area contributed by atoms with Crippen molar-refractivity contribution >= 4 is 11.6 Å². The number of unbranched alkanes of at least 4 members (excludes halogenated alkanes) is 2. The number of benzene rings is 2. The summed E-state index contributed by atoms with van der Waals surface area (Å²) < 4.78 is 1.88. The number of rotatable bonds is 9. The van der Waals surface area contributed by atoms with E-state index >= 15 is 0 Å². The van der Waals surface area contributed by atoms with Gasteiger partial charge in [-0.25, -0.2) is 0 Å². The quantitative estimate of drug-likeness (QED) is 0.365. The van der Waals surface area contributed by atoms with Crippen molar-refractivity contribution in [2.45, 2.75) is 45.1 Å². The molecule has 0 N–H and O–H groups in total. The van der Waals surface area contributed by atoms with Crippen molar-refractivity contribution in [1.82, 2.24) is 15.0 Å². The van der Waals surface area contributed by atoms with Crippen molar-refractivity contribution in [3.8, 4) is 0 Å². The van der Waals surface area contributed by atoms with E-state index in [1.165, 1.54) is 24.0 Å². The zero-order chi connectivity index (χ0) is 18.3. The minimum Gasteiger partial charge on any atom is -0.253 e. The molecule has 0 amide bonds. The minimum absolute atomic E-state index is 0.785. The van der Waals surface area contributed by atoms with E-state index in [4.69, 9.17) is 11.6 Å². The van der Waals surface area contributed by atoms with Crippen LogP contribution in [0.15, 0.2) is 73.1 Å². The number of aromatic nitrogens is 3. The summed E-state index contributed by atoms with van der Waals surface area (Å²) in [4.78, 5) is 0. The Morgan fingerprint density at radius 1 is 0.731 bits per heavy atom. The van der Waals surface area contributed by atoms with Crippen LogP contribution in [0.4, 0.5) is 0 Å². The molecule has 3 rings (SSSR count). The molecule has 0 unspecified atom stereocenters. The van der Waals surface area contributed by atoms with Gasteiger partial charge in [-0.05, 0) is 49.7 Å². The third-order valence-corrected chi connectivity index (χ3v) is 4.38. The van der Waals surface area contributed by atoms with Crippen LogP contribution < -0.4 is 0 Å². The van der Waals surface area contributed by atoms with Gasteiger partial charge < -0.3 is 0 Å². The van der Waals surface area contributed by atoms with Crippen LogP contribution in [0, 0.1) is 0 Å². The smallest absolute Gasteiger partial charge is 0.0692 e. The predicted octanol–water partition coefficient (Wildman–Crippen LogP) is 5.55. The van der Waals surface area contributed by atoms with Gasteiger partial charge in [0.1, 0.15) is 0 Å². The maximum atomic E-state index is 5.57. The Labute approximate surface area is 162 Å². The lowest BCUT2D eigenvalue weighted by Crippen LogP contribution is -1.99. The zero-order valence-electron chi connectivity index (χ0n) is 15.3. The number of nitrogens with zero attached hydrogens (tertiary/aromatic N) is 3. The summed E-state index contributed by atoms with van der Waals surface area (Å²) >= 11 is 5.57. The predicted molar refractivity (Wildman–Crippen MR) is 110 cm³/mol. The van der Waals surface area contributed by atoms with Crippen LogP contribution in [0.2, 0.25) is 0 Å². The first kappa shape index (κ1) is 20.2. The van der Waals surface area contributed by atoms with E-state index in [1.807, 2.05) is 16.9 Å². The maximum Gasteiger partial charge on any atom is 0.0692 e. The van der Waals surface area contributed by atoms with E-state index < -0.39 is 0 Å². The summed E-state index contributed by atoms with van der Waals surface area (Å²) in [6, 6.07) is 21.1. The molecule has 0 radical (unpaired) electrons. The molecule has 0 bridgehead atoms. The number of alkyl halides is 1. The molecule has 2 aromatic carbocycles. The highest BCUT2D eigenvalue weighted by Crippen LogP contribution is 2.05. The zero-order valence-corrected chi connectivity index (χ0v) is 16.1. The Kier molecular flexibility index (Phi) is 10.2. The van der Waals surface area contributed by atoms with Crippen molar-refractivity contribution in [1.29, 1.82) is 0 Å². The molecule has 0 saturated carbocycles. The average molecular weight is 370 g/mol. The highest BCUT2D eigenvalue weighted by molar-refractivity contribution is 6.17. The van der Waals surface area contributed by atoms with Gasteiger partial charge >= 0.3 is 0 Å². The van der Waals surface area contributed by atoms with Crippen molar-refractivity contribution in [2.24, 2.45) is 0 Å². The summed E-state index contributed by atoms with van der Waals surface area (Å²) in [6.07, 6.45) is 10.6. The van der Waals surface area contributed by atoms with Crippen molar-refractivity contribution in [2.75, 3.05) is 5.88 Å². The maximum absolute atomic E-state index is 5.57. The van der Waals surface area contributed by atoms with Crippen molar-refractivity contribution in [3.05, 3.63) is 84.2 Å². The second-order valence-corrected chi connectivity index (χ2v) is 6.62. The van der Waals surface area contributed by atoms with Crippen LogP contribution in [0.5, 0.6) is 0 Å². The van der Waals surface area contributed by atoms with Gasteiger partial charge in [0.05, 0.1) is 6.20 Å². The third-order valence-electron chi connectivity index (χ3n) is 4.11. The first-order valence-corrected chi connectivity index (χ1v) is 9.90. The van der Waals surface area contributed by atoms with Crippen molar-refractivity contribution < 1.29 is 0 Å². The van der Waals surface area contributed by atoms with Crippen LogP contribution in [0.1, 0.15) is 36.8 Å². The lowest BCUT2D eigenvalue weighted by atomic mass is 10.1. The largest absolute Gasteiger partial charge is 0.253 e. The Bertz CT molecular complexity index is 669. The van der Waals surface area contributed by atoms with Gasteiger partial charge in [0.15, 0.2) is 0 Å². The van der Waals surface area contributed by atoms with Crippen LogP contribution in [-0.2, 0) is 19.4 Å². The molecule has 0 atom stereocenters. The Hall–Kier alpha value is -2.13. The molecule has 0 aliphatic heterocycles. The normalized spacial score (nSPS) is 10.2. The first-order valence-electron chi connectivity index (χ1n) is 9.36. The molecule has 138 valence electrons. The Morgan fingerprint density at radius 3 is 1.81 bits per heavy atom. The van der Waals surface area contributed by atoms with E-state index in [-0.39, 0.29) is 0 Å². The monoisotopic (exact) mass is 369 g/mol. The molecule has 1 aromatic heterocycles. The lowest BCUT2D eigenvalue weighted by molar-refractivity contribution is 0.541. The van der Waals surface area contributed by atoms with Gasteiger partial charge in [0.25, 0.3) is 0 Å². The number of halogens is 1. The van der Waals surface area contributed by atoms with E-state index in [2.05, 4.69) is 64.9 Å². The summed E-state index contributed by atoms with van der Waals surface area (Å²) in [5.74, 6) is 0.785.